The zero-order valence-corrected chi connectivity index (χ0v) is 11.9. The van der Waals surface area contributed by atoms with Gasteiger partial charge < -0.3 is 5.73 Å². The van der Waals surface area contributed by atoms with Crippen molar-refractivity contribution in [1.82, 2.24) is 9.78 Å². The summed E-state index contributed by atoms with van der Waals surface area (Å²) < 4.78 is 1.72. The molecular weight excluding hydrogens is 258 g/mol. The van der Waals surface area contributed by atoms with Gasteiger partial charge in [0, 0.05) is 36.5 Å². The molecule has 4 nitrogen and oxygen atoms in total. The molecule has 0 bridgehead atoms. The van der Waals surface area contributed by atoms with E-state index in [1.807, 2.05) is 19.3 Å². The van der Waals surface area contributed by atoms with E-state index in [0.29, 0.717) is 12.3 Å². The molecule has 1 saturated carbocycles. The lowest BCUT2D eigenvalue weighted by Gasteiger charge is -1.94. The van der Waals surface area contributed by atoms with Gasteiger partial charge in [0.15, 0.2) is 5.78 Å². The predicted octanol–water partition coefficient (Wildman–Crippen LogP) is 2.03. The van der Waals surface area contributed by atoms with Gasteiger partial charge in [-0.05, 0) is 30.5 Å². The molecule has 1 aliphatic carbocycles. The number of Topliss-reactive ketones (excluding diaryl/α,β-unsaturated/α-hetero) is 1. The van der Waals surface area contributed by atoms with Crippen LogP contribution in [0.1, 0.15) is 38.0 Å². The molecule has 1 aliphatic rings. The molecule has 0 saturated heterocycles. The highest BCUT2D eigenvalue weighted by Crippen LogP contribution is 2.43. The summed E-state index contributed by atoms with van der Waals surface area (Å²) in [7, 11) is 1.86. The molecule has 0 spiro atoms. The van der Waals surface area contributed by atoms with Crippen LogP contribution in [0.3, 0.4) is 0 Å². The molecule has 0 aromatic carbocycles. The molecule has 1 fully saturated rings. The van der Waals surface area contributed by atoms with Gasteiger partial charge in [-0.25, -0.2) is 0 Å². The highest BCUT2D eigenvalue weighted by Gasteiger charge is 2.37. The van der Waals surface area contributed by atoms with Gasteiger partial charge >= 0.3 is 0 Å². The maximum absolute atomic E-state index is 12.3. The number of ketones is 1. The largest absolute Gasteiger partial charge is 0.327 e. The summed E-state index contributed by atoms with van der Waals surface area (Å²) in [4.78, 5) is 14.3. The molecule has 0 amide bonds. The molecular formula is C14H17N3OS. The zero-order valence-electron chi connectivity index (χ0n) is 11.1. The fraction of sp³-hybridized carbons (Fsp3) is 0.429. The van der Waals surface area contributed by atoms with Crippen LogP contribution in [0.4, 0.5) is 0 Å². The molecule has 2 unspecified atom stereocenters. The molecule has 3 rings (SSSR count). The summed E-state index contributed by atoms with van der Waals surface area (Å²) in [5, 5.41) is 4.09. The third-order valence-corrected chi connectivity index (χ3v) is 4.70. The lowest BCUT2D eigenvalue weighted by molar-refractivity contribution is 0.0997. The first-order chi connectivity index (χ1) is 9.04. The van der Waals surface area contributed by atoms with Crippen LogP contribution in [0.5, 0.6) is 0 Å². The summed E-state index contributed by atoms with van der Waals surface area (Å²) in [6.45, 7) is 2.08. The first-order valence-corrected chi connectivity index (χ1v) is 7.23. The molecule has 2 N–H and O–H groups in total. The Labute approximate surface area is 116 Å². The van der Waals surface area contributed by atoms with Gasteiger partial charge in [-0.3, -0.25) is 9.48 Å². The third-order valence-electron chi connectivity index (χ3n) is 3.59. The Bertz CT molecular complexity index is 628. The average molecular weight is 275 g/mol. The maximum atomic E-state index is 12.3. The van der Waals surface area contributed by atoms with Crippen molar-refractivity contribution in [3.63, 3.8) is 0 Å². The minimum Gasteiger partial charge on any atom is -0.327 e. The van der Waals surface area contributed by atoms with Crippen molar-refractivity contribution in [2.24, 2.45) is 12.8 Å². The lowest BCUT2D eigenvalue weighted by atomic mass is 10.1. The Hall–Kier alpha value is -1.46. The second kappa shape index (κ2) is 4.58. The van der Waals surface area contributed by atoms with E-state index >= 15 is 0 Å². The first-order valence-electron chi connectivity index (χ1n) is 6.41. The molecule has 19 heavy (non-hydrogen) atoms. The van der Waals surface area contributed by atoms with Gasteiger partial charge in [-0.1, -0.05) is 0 Å². The Kier molecular flexibility index (Phi) is 3.03. The van der Waals surface area contributed by atoms with E-state index < -0.39 is 0 Å². The number of aryl methyl sites for hydroxylation is 2. The van der Waals surface area contributed by atoms with Crippen molar-refractivity contribution in [3.8, 4) is 0 Å². The van der Waals surface area contributed by atoms with Crippen molar-refractivity contribution < 1.29 is 4.79 Å². The number of nitrogens with two attached hydrogens (primary N) is 1. The Morgan fingerprint density at radius 2 is 2.37 bits per heavy atom. The molecule has 100 valence electrons. The quantitative estimate of drug-likeness (QED) is 0.868. The fourth-order valence-corrected chi connectivity index (χ4v) is 3.44. The van der Waals surface area contributed by atoms with Crippen LogP contribution in [-0.4, -0.2) is 21.6 Å². The number of carbonyl (C=O) groups is 1. The van der Waals surface area contributed by atoms with Gasteiger partial charge in [-0.2, -0.15) is 5.10 Å². The first kappa shape index (κ1) is 12.6. The van der Waals surface area contributed by atoms with E-state index in [1.54, 1.807) is 22.2 Å². The molecule has 2 aromatic rings. The van der Waals surface area contributed by atoms with Crippen LogP contribution in [0, 0.1) is 6.92 Å². The third kappa shape index (κ3) is 2.48. The molecule has 2 atom stereocenters. The highest BCUT2D eigenvalue weighted by atomic mass is 32.1. The van der Waals surface area contributed by atoms with Gasteiger partial charge in [0.25, 0.3) is 0 Å². The zero-order chi connectivity index (χ0) is 13.6. The number of hydrogen-bond donors (Lipinski definition) is 1. The maximum Gasteiger partial charge on any atom is 0.177 e. The molecule has 2 heterocycles. The van der Waals surface area contributed by atoms with E-state index in [4.69, 9.17) is 5.73 Å². The number of carbonyl (C=O) groups excluding carboxylic acids is 1. The lowest BCUT2D eigenvalue weighted by Crippen LogP contribution is -2.02. The van der Waals surface area contributed by atoms with E-state index in [9.17, 15) is 4.79 Å². The second-order valence-corrected chi connectivity index (χ2v) is 6.51. The summed E-state index contributed by atoms with van der Waals surface area (Å²) in [6, 6.07) is 2.32. The summed E-state index contributed by atoms with van der Waals surface area (Å²) in [5.74, 6) is 0.637. The van der Waals surface area contributed by atoms with E-state index in [1.165, 1.54) is 10.4 Å². The minimum atomic E-state index is 0.168. The van der Waals surface area contributed by atoms with E-state index in [2.05, 4.69) is 12.0 Å². The van der Waals surface area contributed by atoms with E-state index in [-0.39, 0.29) is 11.8 Å². The Balaban J connectivity index is 1.76. The van der Waals surface area contributed by atoms with Crippen LogP contribution in [0.25, 0.3) is 0 Å². The average Bonchev–Trinajstić information content (AvgIpc) is 2.75. The summed E-state index contributed by atoms with van der Waals surface area (Å²) in [5.41, 5.74) is 8.12. The molecule has 0 radical (unpaired) electrons. The van der Waals surface area contributed by atoms with Gasteiger partial charge in [0.1, 0.15) is 0 Å². The van der Waals surface area contributed by atoms with Crippen molar-refractivity contribution >= 4 is 17.1 Å². The van der Waals surface area contributed by atoms with Crippen molar-refractivity contribution in [3.05, 3.63) is 39.3 Å². The predicted molar refractivity (Wildman–Crippen MR) is 75.6 cm³/mol. The standard InChI is InChI=1S/C14H17N3OS/c1-8-10(11-4-12(11)15)5-14(19-8)13(18)3-9-6-16-17(2)7-9/h5-7,11-12H,3-4,15H2,1-2H3. The normalized spacial score (nSPS) is 21.6. The number of rotatable bonds is 4. The van der Waals surface area contributed by atoms with Crippen LogP contribution in [0.15, 0.2) is 18.5 Å². The Morgan fingerprint density at radius 1 is 1.63 bits per heavy atom. The smallest absolute Gasteiger partial charge is 0.177 e. The minimum absolute atomic E-state index is 0.168. The van der Waals surface area contributed by atoms with Crippen LogP contribution >= 0.6 is 11.3 Å². The van der Waals surface area contributed by atoms with Crippen LogP contribution < -0.4 is 5.73 Å². The SMILES string of the molecule is Cc1sc(C(=O)Cc2cnn(C)c2)cc1C1CC1N. The van der Waals surface area contributed by atoms with E-state index in [0.717, 1.165) is 16.9 Å². The van der Waals surface area contributed by atoms with Crippen LogP contribution in [0.2, 0.25) is 0 Å². The van der Waals surface area contributed by atoms with Gasteiger partial charge in [0.2, 0.25) is 0 Å². The van der Waals surface area contributed by atoms with Crippen LogP contribution in [-0.2, 0) is 13.5 Å². The number of aromatic nitrogens is 2. The molecule has 5 heteroatoms. The number of hydrogen-bond acceptors (Lipinski definition) is 4. The topological polar surface area (TPSA) is 60.9 Å². The second-order valence-electron chi connectivity index (χ2n) is 5.25. The van der Waals surface area contributed by atoms with Crippen molar-refractivity contribution in [1.29, 1.82) is 0 Å². The molecule has 0 aliphatic heterocycles. The van der Waals surface area contributed by atoms with Gasteiger partial charge in [-0.15, -0.1) is 11.3 Å². The Morgan fingerprint density at radius 3 is 2.95 bits per heavy atom. The summed E-state index contributed by atoms with van der Waals surface area (Å²) >= 11 is 1.59. The number of thiophene rings is 1. The monoisotopic (exact) mass is 275 g/mol. The van der Waals surface area contributed by atoms with Crippen molar-refractivity contribution in [2.75, 3.05) is 0 Å². The fourth-order valence-electron chi connectivity index (χ4n) is 2.41. The molecule has 2 aromatic heterocycles. The van der Waals surface area contributed by atoms with Crippen molar-refractivity contribution in [2.45, 2.75) is 31.7 Å². The summed E-state index contributed by atoms with van der Waals surface area (Å²) in [6.07, 6.45) is 5.10. The van der Waals surface area contributed by atoms with Gasteiger partial charge in [0.05, 0.1) is 11.1 Å². The number of nitrogens with zero attached hydrogens (tertiary/aromatic N) is 2. The highest BCUT2D eigenvalue weighted by molar-refractivity contribution is 7.14.